The van der Waals surface area contributed by atoms with Gasteiger partial charge in [0.1, 0.15) is 11.5 Å². The van der Waals surface area contributed by atoms with Crippen LogP contribution in [0.2, 0.25) is 0 Å². The third-order valence-electron chi connectivity index (χ3n) is 3.43. The standard InChI is InChI=1S/C17H21N3O4S/c1-5-14(25-17-18-10(2)8-15(21)20-17)16(22)19-12-7-6-11(23-3)9-13(12)24-4/h6-9,14H,5H2,1-4H3,(H,19,22)(H,18,20,21). The van der Waals surface area contributed by atoms with E-state index in [2.05, 4.69) is 15.3 Å². The van der Waals surface area contributed by atoms with Gasteiger partial charge in [0.15, 0.2) is 5.16 Å². The van der Waals surface area contributed by atoms with Crippen molar-refractivity contribution in [1.29, 1.82) is 0 Å². The number of carbonyl (C=O) groups is 1. The normalized spacial score (nSPS) is 11.7. The van der Waals surface area contributed by atoms with Crippen molar-refractivity contribution in [2.75, 3.05) is 19.5 Å². The van der Waals surface area contributed by atoms with Crippen molar-refractivity contribution in [2.24, 2.45) is 0 Å². The fourth-order valence-corrected chi connectivity index (χ4v) is 3.14. The lowest BCUT2D eigenvalue weighted by molar-refractivity contribution is -0.115. The van der Waals surface area contributed by atoms with Gasteiger partial charge in [0.2, 0.25) is 5.91 Å². The van der Waals surface area contributed by atoms with Crippen LogP contribution in [0.5, 0.6) is 11.5 Å². The Bertz CT molecular complexity index is 807. The summed E-state index contributed by atoms with van der Waals surface area (Å²) < 4.78 is 10.4. The average Bonchev–Trinajstić information content (AvgIpc) is 2.59. The number of aromatic nitrogens is 2. The number of H-pyrrole nitrogens is 1. The lowest BCUT2D eigenvalue weighted by Crippen LogP contribution is -2.25. The van der Waals surface area contributed by atoms with E-state index in [-0.39, 0.29) is 11.5 Å². The number of aryl methyl sites for hydroxylation is 1. The number of hydrogen-bond acceptors (Lipinski definition) is 6. The van der Waals surface area contributed by atoms with Gasteiger partial charge in [-0.1, -0.05) is 18.7 Å². The van der Waals surface area contributed by atoms with Crippen LogP contribution < -0.4 is 20.3 Å². The highest BCUT2D eigenvalue weighted by Crippen LogP contribution is 2.30. The molecule has 2 rings (SSSR count). The minimum absolute atomic E-state index is 0.194. The predicted octanol–water partition coefficient (Wildman–Crippen LogP) is 2.60. The van der Waals surface area contributed by atoms with E-state index in [1.165, 1.54) is 24.9 Å². The zero-order valence-electron chi connectivity index (χ0n) is 14.6. The number of hydrogen-bond donors (Lipinski definition) is 2. The zero-order valence-corrected chi connectivity index (χ0v) is 15.4. The van der Waals surface area contributed by atoms with Crippen LogP contribution in [0, 0.1) is 6.92 Å². The van der Waals surface area contributed by atoms with Crippen molar-refractivity contribution in [3.63, 3.8) is 0 Å². The number of aromatic amines is 1. The number of amides is 1. The number of benzene rings is 1. The van der Waals surface area contributed by atoms with Crippen LogP contribution in [0.1, 0.15) is 19.0 Å². The van der Waals surface area contributed by atoms with Crippen LogP contribution in [0.3, 0.4) is 0 Å². The number of thioether (sulfide) groups is 1. The highest BCUT2D eigenvalue weighted by Gasteiger charge is 2.21. The van der Waals surface area contributed by atoms with Gasteiger partial charge in [-0.15, -0.1) is 0 Å². The van der Waals surface area contributed by atoms with Crippen molar-refractivity contribution in [2.45, 2.75) is 30.7 Å². The maximum atomic E-state index is 12.6. The summed E-state index contributed by atoms with van der Waals surface area (Å²) in [5.41, 5.74) is 0.929. The van der Waals surface area contributed by atoms with Gasteiger partial charge in [0.05, 0.1) is 25.2 Å². The molecule has 2 N–H and O–H groups in total. The van der Waals surface area contributed by atoms with Crippen molar-refractivity contribution in [3.05, 3.63) is 40.3 Å². The fourth-order valence-electron chi connectivity index (χ4n) is 2.18. The third-order valence-corrected chi connectivity index (χ3v) is 4.68. The highest BCUT2D eigenvalue weighted by atomic mass is 32.2. The van der Waals surface area contributed by atoms with Gasteiger partial charge in [0, 0.05) is 17.8 Å². The fraction of sp³-hybridized carbons (Fsp3) is 0.353. The number of ether oxygens (including phenoxy) is 2. The molecule has 0 saturated carbocycles. The van der Waals surface area contributed by atoms with E-state index in [0.717, 1.165) is 0 Å². The van der Waals surface area contributed by atoms with E-state index < -0.39 is 5.25 Å². The first-order valence-corrected chi connectivity index (χ1v) is 8.62. The van der Waals surface area contributed by atoms with Gasteiger partial charge < -0.3 is 19.8 Å². The smallest absolute Gasteiger partial charge is 0.251 e. The van der Waals surface area contributed by atoms with Gasteiger partial charge in [-0.05, 0) is 25.5 Å². The first kappa shape index (κ1) is 18.9. The highest BCUT2D eigenvalue weighted by molar-refractivity contribution is 8.00. The zero-order chi connectivity index (χ0) is 18.4. The molecule has 7 nitrogen and oxygen atoms in total. The van der Waals surface area contributed by atoms with Gasteiger partial charge in [-0.25, -0.2) is 4.98 Å². The molecule has 25 heavy (non-hydrogen) atoms. The molecule has 0 saturated heterocycles. The van der Waals surface area contributed by atoms with Gasteiger partial charge in [-0.3, -0.25) is 9.59 Å². The van der Waals surface area contributed by atoms with Gasteiger partial charge >= 0.3 is 0 Å². The lowest BCUT2D eigenvalue weighted by Gasteiger charge is -2.16. The van der Waals surface area contributed by atoms with E-state index in [0.29, 0.717) is 34.5 Å². The molecule has 0 fully saturated rings. The van der Waals surface area contributed by atoms with Gasteiger partial charge in [0.25, 0.3) is 5.56 Å². The Morgan fingerprint density at radius 3 is 2.68 bits per heavy atom. The van der Waals surface area contributed by atoms with Crippen molar-refractivity contribution < 1.29 is 14.3 Å². The maximum absolute atomic E-state index is 12.6. The topological polar surface area (TPSA) is 93.3 Å². The molecular weight excluding hydrogens is 342 g/mol. The van der Waals surface area contributed by atoms with Crippen molar-refractivity contribution in [3.8, 4) is 11.5 Å². The second-order valence-corrected chi connectivity index (χ2v) is 6.45. The maximum Gasteiger partial charge on any atom is 0.251 e. The second kappa shape index (κ2) is 8.57. The molecule has 0 bridgehead atoms. The molecule has 1 heterocycles. The summed E-state index contributed by atoms with van der Waals surface area (Å²) in [7, 11) is 3.09. The average molecular weight is 363 g/mol. The van der Waals surface area contributed by atoms with Crippen LogP contribution in [0.4, 0.5) is 5.69 Å². The van der Waals surface area contributed by atoms with Crippen molar-refractivity contribution in [1.82, 2.24) is 9.97 Å². The lowest BCUT2D eigenvalue weighted by atomic mass is 10.2. The molecule has 2 aromatic rings. The van der Waals surface area contributed by atoms with Crippen molar-refractivity contribution >= 4 is 23.4 Å². The summed E-state index contributed by atoms with van der Waals surface area (Å²) in [6.07, 6.45) is 0.576. The first-order chi connectivity index (χ1) is 12.0. The Hall–Kier alpha value is -2.48. The molecule has 1 aromatic carbocycles. The van der Waals surface area contributed by atoms with Crippen LogP contribution in [0.15, 0.2) is 34.2 Å². The molecule has 0 aliphatic rings. The minimum Gasteiger partial charge on any atom is -0.497 e. The van der Waals surface area contributed by atoms with E-state index in [1.807, 2.05) is 6.92 Å². The van der Waals surface area contributed by atoms with Gasteiger partial charge in [-0.2, -0.15) is 0 Å². The Kier molecular flexibility index (Phi) is 6.46. The molecule has 1 atom stereocenters. The summed E-state index contributed by atoms with van der Waals surface area (Å²) in [6, 6.07) is 6.57. The summed E-state index contributed by atoms with van der Waals surface area (Å²) in [5, 5.41) is 2.87. The number of nitrogens with zero attached hydrogens (tertiary/aromatic N) is 1. The molecule has 8 heteroatoms. The van der Waals surface area contributed by atoms with E-state index in [1.54, 1.807) is 32.2 Å². The number of rotatable bonds is 7. The molecule has 0 spiro atoms. The molecule has 1 aromatic heterocycles. The van der Waals surface area contributed by atoms with E-state index in [9.17, 15) is 9.59 Å². The summed E-state index contributed by atoms with van der Waals surface area (Å²) >= 11 is 1.22. The molecule has 0 radical (unpaired) electrons. The first-order valence-electron chi connectivity index (χ1n) is 7.74. The summed E-state index contributed by atoms with van der Waals surface area (Å²) in [4.78, 5) is 31.0. The molecule has 134 valence electrons. The van der Waals surface area contributed by atoms with Crippen LogP contribution >= 0.6 is 11.8 Å². The number of anilines is 1. The van der Waals surface area contributed by atoms with Crippen LogP contribution in [0.25, 0.3) is 0 Å². The molecule has 1 amide bonds. The Labute approximate surface area is 150 Å². The third kappa shape index (κ3) is 4.99. The largest absolute Gasteiger partial charge is 0.497 e. The van der Waals surface area contributed by atoms with E-state index in [4.69, 9.17) is 9.47 Å². The van der Waals surface area contributed by atoms with E-state index >= 15 is 0 Å². The van der Waals surface area contributed by atoms with Crippen LogP contribution in [-0.4, -0.2) is 35.3 Å². The Morgan fingerprint density at radius 2 is 2.08 bits per heavy atom. The summed E-state index contributed by atoms with van der Waals surface area (Å²) in [5.74, 6) is 0.951. The summed E-state index contributed by atoms with van der Waals surface area (Å²) in [6.45, 7) is 3.64. The van der Waals surface area contributed by atoms with Crippen LogP contribution in [-0.2, 0) is 4.79 Å². The number of methoxy groups -OCH3 is 2. The quantitative estimate of drug-likeness (QED) is 0.580. The number of nitrogens with one attached hydrogen (secondary N) is 2. The molecular formula is C17H21N3O4S. The molecule has 0 aliphatic heterocycles. The number of carbonyl (C=O) groups excluding carboxylic acids is 1. The Balaban J connectivity index is 2.16. The Morgan fingerprint density at radius 1 is 1.32 bits per heavy atom. The second-order valence-electron chi connectivity index (χ2n) is 5.26. The SMILES string of the molecule is CCC(Sc1nc(C)cc(=O)[nH]1)C(=O)Nc1ccc(OC)cc1OC. The molecule has 0 aliphatic carbocycles. The molecule has 1 unspecified atom stereocenters. The monoisotopic (exact) mass is 363 g/mol. The predicted molar refractivity (Wildman–Crippen MR) is 97.7 cm³/mol. The minimum atomic E-state index is -0.406.